The van der Waals surface area contributed by atoms with E-state index in [0.717, 1.165) is 22.7 Å². The Morgan fingerprint density at radius 2 is 2.26 bits per heavy atom. The van der Waals surface area contributed by atoms with E-state index in [2.05, 4.69) is 15.5 Å². The van der Waals surface area contributed by atoms with Crippen molar-refractivity contribution in [1.29, 1.82) is 0 Å². The summed E-state index contributed by atoms with van der Waals surface area (Å²) in [6.45, 7) is 5.67. The van der Waals surface area contributed by atoms with Gasteiger partial charge in [0.05, 0.1) is 6.42 Å². The average molecular weight is 297 g/mol. The van der Waals surface area contributed by atoms with Crippen LogP contribution in [0.1, 0.15) is 28.9 Å². The van der Waals surface area contributed by atoms with E-state index in [1.54, 1.807) is 6.92 Å². The van der Waals surface area contributed by atoms with Crippen LogP contribution in [0.4, 0.5) is 5.69 Å². The molecular weight excluding hydrogens is 282 g/mol. The highest BCUT2D eigenvalue weighted by Gasteiger charge is 2.15. The summed E-state index contributed by atoms with van der Waals surface area (Å²) in [6.07, 6.45) is 1.02. The van der Waals surface area contributed by atoms with Gasteiger partial charge < -0.3 is 14.8 Å². The molecule has 2 N–H and O–H groups in total. The highest BCUT2D eigenvalue weighted by molar-refractivity contribution is 7.73. The second-order valence-corrected chi connectivity index (χ2v) is 5.97. The largest absolute Gasteiger partial charge is 0.359 e. The molecule has 0 radical (unpaired) electrons. The number of aryl methyl sites for hydroxylation is 3. The average Bonchev–Trinajstić information content (AvgIpc) is 2.84. The summed E-state index contributed by atoms with van der Waals surface area (Å²) in [6, 6.07) is 0. The maximum Gasteiger partial charge on any atom is 0.229 e. The van der Waals surface area contributed by atoms with Crippen LogP contribution in [-0.2, 0) is 17.6 Å². The van der Waals surface area contributed by atoms with E-state index in [1.165, 1.54) is 11.3 Å². The quantitative estimate of drug-likeness (QED) is 0.850. The molecule has 102 valence electrons. The van der Waals surface area contributed by atoms with Crippen LogP contribution in [0.15, 0.2) is 4.52 Å². The number of thiazole rings is 1. The number of carbonyl (C=O) groups excluding carboxylic acids is 1. The van der Waals surface area contributed by atoms with E-state index < -0.39 is 0 Å². The van der Waals surface area contributed by atoms with Gasteiger partial charge in [0.2, 0.25) is 5.91 Å². The molecule has 0 aliphatic heterocycles. The lowest BCUT2D eigenvalue weighted by Crippen LogP contribution is -2.15. The summed E-state index contributed by atoms with van der Waals surface area (Å²) in [5.74, 6) is 0.540. The monoisotopic (exact) mass is 297 g/mol. The Morgan fingerprint density at radius 1 is 1.53 bits per heavy atom. The van der Waals surface area contributed by atoms with Gasteiger partial charge in [-0.2, -0.15) is 0 Å². The van der Waals surface area contributed by atoms with E-state index in [0.29, 0.717) is 21.8 Å². The lowest BCUT2D eigenvalue weighted by atomic mass is 10.2. The Hall–Kier alpha value is -1.47. The number of nitrogens with one attached hydrogen (secondary N) is 2. The van der Waals surface area contributed by atoms with Crippen LogP contribution >= 0.6 is 23.6 Å². The standard InChI is InChI=1S/C12H15N3O2S2/c1-4-8-11(7(3)17-15-8)14-10(16)5-9-6(2)13-12(18)19-9/h4-5H2,1-3H3,(H,13,18)(H,14,16). The van der Waals surface area contributed by atoms with Crippen molar-refractivity contribution in [3.63, 3.8) is 0 Å². The smallest absolute Gasteiger partial charge is 0.229 e. The fourth-order valence-electron chi connectivity index (χ4n) is 1.75. The number of nitrogens with zero attached hydrogens (tertiary/aromatic N) is 1. The highest BCUT2D eigenvalue weighted by atomic mass is 32.1. The minimum atomic E-state index is -0.0886. The molecular formula is C12H15N3O2S2. The second kappa shape index (κ2) is 5.66. The maximum absolute atomic E-state index is 12.0. The van der Waals surface area contributed by atoms with E-state index in [1.807, 2.05) is 13.8 Å². The molecule has 2 aromatic heterocycles. The molecule has 5 nitrogen and oxygen atoms in total. The topological polar surface area (TPSA) is 70.9 Å². The van der Waals surface area contributed by atoms with Crippen LogP contribution < -0.4 is 5.32 Å². The van der Waals surface area contributed by atoms with Gasteiger partial charge in [-0.25, -0.2) is 0 Å². The lowest BCUT2D eigenvalue weighted by molar-refractivity contribution is -0.115. The van der Waals surface area contributed by atoms with Crippen molar-refractivity contribution in [2.75, 3.05) is 5.32 Å². The Bertz CT molecular complexity index is 654. The van der Waals surface area contributed by atoms with Gasteiger partial charge in [-0.05, 0) is 32.5 Å². The molecule has 2 rings (SSSR count). The Balaban J connectivity index is 2.11. The normalized spacial score (nSPS) is 10.7. The fourth-order valence-corrected chi connectivity index (χ4v) is 3.04. The van der Waals surface area contributed by atoms with E-state index in [-0.39, 0.29) is 5.91 Å². The third kappa shape index (κ3) is 3.10. The number of hydrogen-bond donors (Lipinski definition) is 2. The lowest BCUT2D eigenvalue weighted by Gasteiger charge is -2.04. The zero-order valence-electron chi connectivity index (χ0n) is 11.0. The third-order valence-electron chi connectivity index (χ3n) is 2.78. The highest BCUT2D eigenvalue weighted by Crippen LogP contribution is 2.21. The number of aromatic amines is 1. The number of amides is 1. The van der Waals surface area contributed by atoms with Gasteiger partial charge in [-0.3, -0.25) is 4.79 Å². The minimum absolute atomic E-state index is 0.0886. The number of anilines is 1. The van der Waals surface area contributed by atoms with Gasteiger partial charge in [0.1, 0.15) is 11.4 Å². The molecule has 1 amide bonds. The molecule has 0 aliphatic rings. The predicted octanol–water partition coefficient (Wildman–Crippen LogP) is 3.15. The molecule has 0 spiro atoms. The Labute approximate surface area is 120 Å². The molecule has 7 heteroatoms. The number of hydrogen-bond acceptors (Lipinski definition) is 5. The fraction of sp³-hybridized carbons (Fsp3) is 0.417. The Morgan fingerprint density at radius 3 is 2.84 bits per heavy atom. The van der Waals surface area contributed by atoms with Crippen LogP contribution in [0.2, 0.25) is 0 Å². The van der Waals surface area contributed by atoms with Crippen molar-refractivity contribution in [2.24, 2.45) is 0 Å². The van der Waals surface area contributed by atoms with Crippen LogP contribution in [0.3, 0.4) is 0 Å². The summed E-state index contributed by atoms with van der Waals surface area (Å²) in [7, 11) is 0. The van der Waals surface area contributed by atoms with Crippen molar-refractivity contribution >= 4 is 35.1 Å². The van der Waals surface area contributed by atoms with Crippen molar-refractivity contribution in [1.82, 2.24) is 10.1 Å². The molecule has 0 saturated carbocycles. The number of H-pyrrole nitrogens is 1. The van der Waals surface area contributed by atoms with E-state index >= 15 is 0 Å². The summed E-state index contributed by atoms with van der Waals surface area (Å²) in [5.41, 5.74) is 2.40. The first-order chi connectivity index (χ1) is 9.01. The molecule has 0 aliphatic carbocycles. The summed E-state index contributed by atoms with van der Waals surface area (Å²) in [5, 5.41) is 6.76. The predicted molar refractivity (Wildman–Crippen MR) is 77.2 cm³/mol. The van der Waals surface area contributed by atoms with Gasteiger partial charge in [0, 0.05) is 10.6 Å². The van der Waals surface area contributed by atoms with E-state index in [9.17, 15) is 4.79 Å². The minimum Gasteiger partial charge on any atom is -0.359 e. The molecule has 0 bridgehead atoms. The molecule has 0 unspecified atom stereocenters. The van der Waals surface area contributed by atoms with Gasteiger partial charge in [0.25, 0.3) is 0 Å². The van der Waals surface area contributed by atoms with Crippen LogP contribution in [0.5, 0.6) is 0 Å². The molecule has 2 heterocycles. The van der Waals surface area contributed by atoms with Crippen LogP contribution in [-0.4, -0.2) is 16.0 Å². The van der Waals surface area contributed by atoms with Crippen molar-refractivity contribution < 1.29 is 9.32 Å². The zero-order valence-corrected chi connectivity index (χ0v) is 12.6. The second-order valence-electron chi connectivity index (χ2n) is 4.20. The molecule has 0 atom stereocenters. The molecule has 0 fully saturated rings. The first kappa shape index (κ1) is 14.0. The van der Waals surface area contributed by atoms with Gasteiger partial charge in [-0.15, -0.1) is 11.3 Å². The number of carbonyl (C=O) groups is 1. The van der Waals surface area contributed by atoms with Crippen LogP contribution in [0.25, 0.3) is 0 Å². The molecule has 0 aromatic carbocycles. The first-order valence-electron chi connectivity index (χ1n) is 5.94. The van der Waals surface area contributed by atoms with Crippen molar-refractivity contribution in [2.45, 2.75) is 33.6 Å². The first-order valence-corrected chi connectivity index (χ1v) is 7.17. The maximum atomic E-state index is 12.0. The number of rotatable bonds is 4. The Kier molecular flexibility index (Phi) is 4.16. The van der Waals surface area contributed by atoms with Gasteiger partial charge in [0.15, 0.2) is 9.71 Å². The van der Waals surface area contributed by atoms with Crippen LogP contribution in [0, 0.1) is 17.8 Å². The van der Waals surface area contributed by atoms with E-state index in [4.69, 9.17) is 16.7 Å². The SMILES string of the molecule is CCc1noc(C)c1NC(=O)Cc1sc(=S)[nH]c1C. The van der Waals surface area contributed by atoms with Gasteiger partial charge >= 0.3 is 0 Å². The number of aromatic nitrogens is 2. The third-order valence-corrected chi connectivity index (χ3v) is 4.11. The van der Waals surface area contributed by atoms with Crippen molar-refractivity contribution in [3.05, 3.63) is 26.0 Å². The summed E-state index contributed by atoms with van der Waals surface area (Å²) < 4.78 is 5.77. The molecule has 19 heavy (non-hydrogen) atoms. The van der Waals surface area contributed by atoms with Gasteiger partial charge in [-0.1, -0.05) is 12.1 Å². The molecule has 0 saturated heterocycles. The van der Waals surface area contributed by atoms with Crippen molar-refractivity contribution in [3.8, 4) is 0 Å². The molecule has 2 aromatic rings. The summed E-state index contributed by atoms with van der Waals surface area (Å²) >= 11 is 6.48. The summed E-state index contributed by atoms with van der Waals surface area (Å²) in [4.78, 5) is 16.0. The zero-order chi connectivity index (χ0) is 14.0.